The van der Waals surface area contributed by atoms with E-state index in [1.807, 2.05) is 24.3 Å². The molecular formula is C21H25N5O3. The number of ether oxygens (including phenoxy) is 1. The van der Waals surface area contributed by atoms with E-state index >= 15 is 0 Å². The Hall–Kier alpha value is -3.29. The van der Waals surface area contributed by atoms with Gasteiger partial charge in [-0.05, 0) is 43.0 Å². The second-order valence-electron chi connectivity index (χ2n) is 7.19. The van der Waals surface area contributed by atoms with E-state index in [1.165, 1.54) is 10.4 Å². The van der Waals surface area contributed by atoms with Crippen LogP contribution in [0.4, 0.5) is 0 Å². The van der Waals surface area contributed by atoms with Crippen molar-refractivity contribution in [3.05, 3.63) is 52.3 Å². The minimum absolute atomic E-state index is 0.0832. The molecular weight excluding hydrogens is 370 g/mol. The van der Waals surface area contributed by atoms with Gasteiger partial charge in [0.05, 0.1) is 17.9 Å². The van der Waals surface area contributed by atoms with E-state index in [-0.39, 0.29) is 18.9 Å². The molecule has 2 heterocycles. The first-order chi connectivity index (χ1) is 13.8. The number of hydrogen-bond acceptors (Lipinski definition) is 6. The van der Waals surface area contributed by atoms with Gasteiger partial charge < -0.3 is 9.72 Å². The minimum Gasteiger partial charge on any atom is -0.462 e. The fourth-order valence-electron chi connectivity index (χ4n) is 3.19. The second kappa shape index (κ2) is 8.38. The molecule has 29 heavy (non-hydrogen) atoms. The zero-order valence-corrected chi connectivity index (χ0v) is 17.3. The third-order valence-electron chi connectivity index (χ3n) is 4.77. The molecule has 0 unspecified atom stereocenters. The van der Waals surface area contributed by atoms with E-state index in [1.54, 1.807) is 20.8 Å². The lowest BCUT2D eigenvalue weighted by molar-refractivity contribution is 0.0525. The van der Waals surface area contributed by atoms with Crippen molar-refractivity contribution in [3.63, 3.8) is 0 Å². The maximum atomic E-state index is 12.7. The number of aryl methyl sites for hydroxylation is 1. The van der Waals surface area contributed by atoms with Gasteiger partial charge in [0.25, 0.3) is 0 Å². The molecule has 152 valence electrons. The van der Waals surface area contributed by atoms with Crippen LogP contribution >= 0.6 is 0 Å². The molecule has 1 N–H and O–H groups in total. The Kier molecular flexibility index (Phi) is 5.91. The number of benzene rings is 1. The molecule has 1 aromatic carbocycles. The molecule has 0 saturated heterocycles. The largest absolute Gasteiger partial charge is 0.462 e. The molecule has 0 bridgehead atoms. The van der Waals surface area contributed by atoms with Gasteiger partial charge in [-0.2, -0.15) is 4.80 Å². The Balaban J connectivity index is 1.77. The highest BCUT2D eigenvalue weighted by atomic mass is 16.5. The number of aromatic amines is 1. The summed E-state index contributed by atoms with van der Waals surface area (Å²) in [5.41, 5.74) is 3.98. The van der Waals surface area contributed by atoms with E-state index in [9.17, 15) is 9.59 Å². The van der Waals surface area contributed by atoms with Gasteiger partial charge in [0, 0.05) is 11.3 Å². The summed E-state index contributed by atoms with van der Waals surface area (Å²) in [7, 11) is 0. The van der Waals surface area contributed by atoms with E-state index in [2.05, 4.69) is 34.2 Å². The summed E-state index contributed by atoms with van der Waals surface area (Å²) in [6.07, 6.45) is 0. The average molecular weight is 395 g/mol. The zero-order chi connectivity index (χ0) is 21.1. The first-order valence-corrected chi connectivity index (χ1v) is 9.59. The van der Waals surface area contributed by atoms with Crippen molar-refractivity contribution in [1.82, 2.24) is 25.2 Å². The molecule has 8 nitrogen and oxygen atoms in total. The molecule has 0 amide bonds. The fraction of sp³-hybridized carbons (Fsp3) is 0.381. The van der Waals surface area contributed by atoms with Crippen molar-refractivity contribution in [2.24, 2.45) is 0 Å². The summed E-state index contributed by atoms with van der Waals surface area (Å²) in [5.74, 6) is 0.223. The van der Waals surface area contributed by atoms with Gasteiger partial charge in [0.15, 0.2) is 0 Å². The Labute approximate surface area is 169 Å². The Morgan fingerprint density at radius 3 is 2.48 bits per heavy atom. The van der Waals surface area contributed by atoms with Crippen molar-refractivity contribution in [2.45, 2.75) is 47.1 Å². The first-order valence-electron chi connectivity index (χ1n) is 9.59. The molecule has 0 fully saturated rings. The van der Waals surface area contributed by atoms with Crippen LogP contribution in [0.5, 0.6) is 0 Å². The van der Waals surface area contributed by atoms with Gasteiger partial charge in [0.1, 0.15) is 6.54 Å². The number of carbonyl (C=O) groups excluding carboxylic acids is 2. The van der Waals surface area contributed by atoms with Crippen LogP contribution in [0, 0.1) is 13.8 Å². The van der Waals surface area contributed by atoms with Crippen molar-refractivity contribution in [1.29, 1.82) is 0 Å². The van der Waals surface area contributed by atoms with E-state index in [0.29, 0.717) is 34.3 Å². The van der Waals surface area contributed by atoms with Crippen LogP contribution in [0.15, 0.2) is 24.3 Å². The van der Waals surface area contributed by atoms with Crippen LogP contribution in [-0.4, -0.2) is 43.6 Å². The molecule has 0 aliphatic carbocycles. The number of hydrogen-bond donors (Lipinski definition) is 1. The number of Topliss-reactive ketones (excluding diaryl/α,β-unsaturated/α-hetero) is 1. The molecule has 3 aromatic rings. The number of rotatable bonds is 7. The van der Waals surface area contributed by atoms with Crippen LogP contribution in [0.1, 0.15) is 64.4 Å². The lowest BCUT2D eigenvalue weighted by Gasteiger charge is -2.04. The van der Waals surface area contributed by atoms with Gasteiger partial charge in [-0.1, -0.05) is 38.1 Å². The zero-order valence-electron chi connectivity index (χ0n) is 17.3. The smallest absolute Gasteiger partial charge is 0.340 e. The van der Waals surface area contributed by atoms with E-state index < -0.39 is 5.97 Å². The Bertz CT molecular complexity index is 1030. The quantitative estimate of drug-likeness (QED) is 0.485. The molecule has 2 aromatic heterocycles. The van der Waals surface area contributed by atoms with Gasteiger partial charge in [-0.15, -0.1) is 10.2 Å². The number of ketones is 1. The lowest BCUT2D eigenvalue weighted by Crippen LogP contribution is -2.15. The normalized spacial score (nSPS) is 11.1. The molecule has 0 atom stereocenters. The highest BCUT2D eigenvalue weighted by Gasteiger charge is 2.23. The lowest BCUT2D eigenvalue weighted by atomic mass is 10.0. The summed E-state index contributed by atoms with van der Waals surface area (Å²) in [6, 6.07) is 7.97. The van der Waals surface area contributed by atoms with Crippen molar-refractivity contribution >= 4 is 11.8 Å². The topological polar surface area (TPSA) is 103 Å². The van der Waals surface area contributed by atoms with Crippen LogP contribution < -0.4 is 0 Å². The van der Waals surface area contributed by atoms with E-state index in [4.69, 9.17) is 4.74 Å². The minimum atomic E-state index is -0.441. The highest BCUT2D eigenvalue weighted by Crippen LogP contribution is 2.21. The van der Waals surface area contributed by atoms with Crippen LogP contribution in [0.3, 0.4) is 0 Å². The average Bonchev–Trinajstić information content (AvgIpc) is 3.26. The van der Waals surface area contributed by atoms with Crippen LogP contribution in [-0.2, 0) is 11.3 Å². The molecule has 3 rings (SSSR count). The molecule has 0 aliphatic heterocycles. The maximum absolute atomic E-state index is 12.7. The number of nitrogens with one attached hydrogen (secondary N) is 1. The number of esters is 1. The number of carbonyl (C=O) groups is 2. The second-order valence-corrected chi connectivity index (χ2v) is 7.19. The number of tetrazole rings is 1. The standard InChI is InChI=1S/C21H25N5O3/c1-6-29-21(28)18-13(4)19(22-14(18)5)17(27)11-26-24-20(23-25-26)16-9-7-15(8-10-16)12(2)3/h7-10,12,22H,6,11H2,1-5H3. The summed E-state index contributed by atoms with van der Waals surface area (Å²) in [5, 5.41) is 12.4. The number of H-pyrrole nitrogens is 1. The summed E-state index contributed by atoms with van der Waals surface area (Å²) < 4.78 is 5.07. The molecule has 8 heteroatoms. The van der Waals surface area contributed by atoms with Crippen molar-refractivity contribution in [3.8, 4) is 11.4 Å². The predicted octanol–water partition coefficient (Wildman–Crippen LogP) is 3.47. The van der Waals surface area contributed by atoms with Crippen molar-refractivity contribution < 1.29 is 14.3 Å². The summed E-state index contributed by atoms with van der Waals surface area (Å²) in [6.45, 7) is 9.66. The number of nitrogens with zero attached hydrogens (tertiary/aromatic N) is 4. The molecule has 0 aliphatic rings. The Morgan fingerprint density at radius 1 is 1.17 bits per heavy atom. The SMILES string of the molecule is CCOC(=O)c1c(C)[nH]c(C(=O)Cn2nnc(-c3ccc(C(C)C)cc3)n2)c1C. The molecule has 0 radical (unpaired) electrons. The third kappa shape index (κ3) is 4.26. The summed E-state index contributed by atoms with van der Waals surface area (Å²) in [4.78, 5) is 29.1. The Morgan fingerprint density at radius 2 is 1.86 bits per heavy atom. The van der Waals surface area contributed by atoms with Gasteiger partial charge in [-0.25, -0.2) is 4.79 Å². The van der Waals surface area contributed by atoms with Crippen LogP contribution in [0.2, 0.25) is 0 Å². The first kappa shape index (κ1) is 20.4. The van der Waals surface area contributed by atoms with Gasteiger partial charge in [0.2, 0.25) is 11.6 Å². The predicted molar refractivity (Wildman–Crippen MR) is 108 cm³/mol. The molecule has 0 saturated carbocycles. The van der Waals surface area contributed by atoms with Crippen LogP contribution in [0.25, 0.3) is 11.4 Å². The monoisotopic (exact) mass is 395 g/mol. The van der Waals surface area contributed by atoms with Crippen molar-refractivity contribution in [2.75, 3.05) is 6.61 Å². The fourth-order valence-corrected chi connectivity index (χ4v) is 3.19. The van der Waals surface area contributed by atoms with Gasteiger partial charge >= 0.3 is 5.97 Å². The number of aromatic nitrogens is 5. The van der Waals surface area contributed by atoms with E-state index in [0.717, 1.165) is 5.56 Å². The highest BCUT2D eigenvalue weighted by molar-refractivity contribution is 6.01. The maximum Gasteiger partial charge on any atom is 0.340 e. The van der Waals surface area contributed by atoms with Gasteiger partial charge in [-0.3, -0.25) is 4.79 Å². The summed E-state index contributed by atoms with van der Waals surface area (Å²) >= 11 is 0. The third-order valence-corrected chi connectivity index (χ3v) is 4.77. The molecule has 0 spiro atoms.